The van der Waals surface area contributed by atoms with Crippen molar-refractivity contribution in [1.82, 2.24) is 5.32 Å². The maximum absolute atomic E-state index is 12.8. The topological polar surface area (TPSA) is 78.5 Å². The van der Waals surface area contributed by atoms with Crippen LogP contribution in [0.4, 0.5) is 26.7 Å². The first-order chi connectivity index (χ1) is 11.0. The summed E-state index contributed by atoms with van der Waals surface area (Å²) in [6.07, 6.45) is -10.1. The van der Waals surface area contributed by atoms with Crippen molar-refractivity contribution in [2.45, 2.75) is 37.6 Å². The predicted octanol–water partition coefficient (Wildman–Crippen LogP) is 2.01. The maximum Gasteiger partial charge on any atom is 0.453 e. The number of benzene rings is 1. The molecule has 1 aromatic rings. The fourth-order valence-electron chi connectivity index (χ4n) is 1.62. The van der Waals surface area contributed by atoms with Gasteiger partial charge >= 0.3 is 18.2 Å². The molecule has 0 aliphatic rings. The van der Waals surface area contributed by atoms with Gasteiger partial charge in [0, 0.05) is 6.42 Å². The minimum Gasteiger partial charge on any atom is -0.548 e. The molecule has 1 aromatic carbocycles. The van der Waals surface area contributed by atoms with E-state index in [2.05, 4.69) is 4.74 Å². The van der Waals surface area contributed by atoms with Crippen molar-refractivity contribution in [2.75, 3.05) is 0 Å². The summed E-state index contributed by atoms with van der Waals surface area (Å²) < 4.78 is 66.3. The minimum absolute atomic E-state index is 0.231. The lowest BCUT2D eigenvalue weighted by molar-refractivity contribution is -0.310. The molecule has 0 saturated heterocycles. The van der Waals surface area contributed by atoms with Crippen LogP contribution in [-0.2, 0) is 16.1 Å². The molecule has 0 unspecified atom stereocenters. The number of carbonyl (C=O) groups is 2. The predicted molar refractivity (Wildman–Crippen MR) is 68.8 cm³/mol. The monoisotopic (exact) mass is 354 g/mol. The zero-order valence-corrected chi connectivity index (χ0v) is 12.1. The van der Waals surface area contributed by atoms with Crippen molar-refractivity contribution >= 4 is 12.1 Å². The average Bonchev–Trinajstić information content (AvgIpc) is 2.49. The number of rotatable bonds is 7. The van der Waals surface area contributed by atoms with E-state index in [-0.39, 0.29) is 6.61 Å². The molecule has 0 aliphatic carbocycles. The van der Waals surface area contributed by atoms with Gasteiger partial charge in [-0.15, -0.1) is 0 Å². The van der Waals surface area contributed by atoms with Crippen molar-refractivity contribution in [1.29, 1.82) is 0 Å². The zero-order chi connectivity index (χ0) is 18.4. The number of nitrogens with one attached hydrogen (secondary N) is 1. The summed E-state index contributed by atoms with van der Waals surface area (Å²) in [6, 6.07) is 6.18. The zero-order valence-electron chi connectivity index (χ0n) is 12.1. The lowest BCUT2D eigenvalue weighted by atomic mass is 10.1. The van der Waals surface area contributed by atoms with E-state index >= 15 is 0 Å². The maximum atomic E-state index is 12.8. The van der Waals surface area contributed by atoms with Gasteiger partial charge < -0.3 is 20.0 Å². The second kappa shape index (κ2) is 7.93. The molecule has 24 heavy (non-hydrogen) atoms. The number of ether oxygens (including phenoxy) is 1. The van der Waals surface area contributed by atoms with Crippen LogP contribution in [0, 0.1) is 0 Å². The van der Waals surface area contributed by atoms with E-state index in [1.165, 1.54) is 0 Å². The minimum atomic E-state index is -5.81. The molecule has 0 aromatic heterocycles. The van der Waals surface area contributed by atoms with Gasteiger partial charge in [0.15, 0.2) is 0 Å². The first-order valence-electron chi connectivity index (χ1n) is 6.65. The first kappa shape index (κ1) is 19.7. The van der Waals surface area contributed by atoms with Crippen LogP contribution < -0.4 is 10.4 Å². The van der Waals surface area contributed by atoms with Crippen LogP contribution in [0.15, 0.2) is 30.3 Å². The quantitative estimate of drug-likeness (QED) is 0.760. The first-order valence-corrected chi connectivity index (χ1v) is 6.65. The third-order valence-electron chi connectivity index (χ3n) is 2.95. The Morgan fingerprint density at radius 3 is 2.21 bits per heavy atom. The Morgan fingerprint density at radius 1 is 1.12 bits per heavy atom. The summed E-state index contributed by atoms with van der Waals surface area (Å²) in [5.74, 6) is -7.07. The Morgan fingerprint density at radius 2 is 1.71 bits per heavy atom. The molecule has 5 nitrogen and oxygen atoms in total. The van der Waals surface area contributed by atoms with Gasteiger partial charge in [-0.25, -0.2) is 4.79 Å². The van der Waals surface area contributed by atoms with E-state index < -0.39 is 43.0 Å². The van der Waals surface area contributed by atoms with Gasteiger partial charge in [0.2, 0.25) is 0 Å². The van der Waals surface area contributed by atoms with Gasteiger partial charge in [0.1, 0.15) is 6.61 Å². The highest BCUT2D eigenvalue weighted by atomic mass is 19.4. The SMILES string of the molecule is O=C(N[C@@H](CCC(F)(F)C(F)(F)F)C(=O)[O-])OCc1ccccc1. The van der Waals surface area contributed by atoms with E-state index in [1.807, 2.05) is 0 Å². The summed E-state index contributed by atoms with van der Waals surface area (Å²) >= 11 is 0. The van der Waals surface area contributed by atoms with Gasteiger partial charge in [-0.1, -0.05) is 30.3 Å². The van der Waals surface area contributed by atoms with Crippen molar-refractivity contribution in [3.63, 3.8) is 0 Å². The molecular formula is C14H13F5NO4-. The Labute approximate surface area is 133 Å². The number of alkyl carbamates (subject to hydrolysis) is 1. The molecular weight excluding hydrogens is 341 g/mol. The van der Waals surface area contributed by atoms with Crippen LogP contribution in [-0.4, -0.2) is 30.2 Å². The summed E-state index contributed by atoms with van der Waals surface area (Å²) in [5.41, 5.74) is 0.571. The lowest BCUT2D eigenvalue weighted by Crippen LogP contribution is -2.49. The highest BCUT2D eigenvalue weighted by Crippen LogP contribution is 2.39. The summed E-state index contributed by atoms with van der Waals surface area (Å²) in [6.45, 7) is -0.231. The Kier molecular flexibility index (Phi) is 6.50. The number of carbonyl (C=O) groups excluding carboxylic acids is 2. The lowest BCUT2D eigenvalue weighted by Gasteiger charge is -2.24. The molecule has 134 valence electrons. The van der Waals surface area contributed by atoms with E-state index in [0.717, 1.165) is 0 Å². The van der Waals surface area contributed by atoms with E-state index in [9.17, 15) is 36.6 Å². The molecule has 1 rings (SSSR count). The van der Waals surface area contributed by atoms with Crippen LogP contribution in [0.25, 0.3) is 0 Å². The molecule has 0 spiro atoms. The molecule has 0 aliphatic heterocycles. The second-order valence-electron chi connectivity index (χ2n) is 4.82. The fourth-order valence-corrected chi connectivity index (χ4v) is 1.62. The summed E-state index contributed by atoms with van der Waals surface area (Å²) in [4.78, 5) is 22.2. The van der Waals surface area contributed by atoms with Crippen molar-refractivity contribution < 1.29 is 41.4 Å². The second-order valence-corrected chi connectivity index (χ2v) is 4.82. The van der Waals surface area contributed by atoms with Gasteiger partial charge in [-0.05, 0) is 12.0 Å². The smallest absolute Gasteiger partial charge is 0.453 e. The average molecular weight is 354 g/mol. The number of carboxylic acids is 1. The number of halogens is 5. The molecule has 0 bridgehead atoms. The molecule has 1 atom stereocenters. The highest BCUT2D eigenvalue weighted by Gasteiger charge is 2.56. The van der Waals surface area contributed by atoms with Crippen LogP contribution in [0.5, 0.6) is 0 Å². The third-order valence-corrected chi connectivity index (χ3v) is 2.95. The van der Waals surface area contributed by atoms with Crippen molar-refractivity contribution in [2.24, 2.45) is 0 Å². The summed E-state index contributed by atoms with van der Waals surface area (Å²) in [5, 5.41) is 12.5. The Balaban J connectivity index is 2.54. The van der Waals surface area contributed by atoms with Crippen LogP contribution in [0.2, 0.25) is 0 Å². The number of alkyl halides is 5. The molecule has 1 amide bonds. The number of hydrogen-bond acceptors (Lipinski definition) is 4. The van der Waals surface area contributed by atoms with Crippen LogP contribution >= 0.6 is 0 Å². The van der Waals surface area contributed by atoms with Gasteiger partial charge in [0.25, 0.3) is 0 Å². The Hall–Kier alpha value is -2.39. The third kappa shape index (κ3) is 6.01. The van der Waals surface area contributed by atoms with E-state index in [1.54, 1.807) is 35.6 Å². The molecule has 0 radical (unpaired) electrons. The van der Waals surface area contributed by atoms with Gasteiger partial charge in [-0.3, -0.25) is 0 Å². The number of carboxylic acid groups (broad SMARTS) is 1. The molecule has 10 heteroatoms. The van der Waals surface area contributed by atoms with Gasteiger partial charge in [0.05, 0.1) is 12.0 Å². The van der Waals surface area contributed by atoms with Crippen LogP contribution in [0.1, 0.15) is 18.4 Å². The Bertz CT molecular complexity index is 562. The molecule has 0 saturated carbocycles. The van der Waals surface area contributed by atoms with Crippen LogP contribution in [0.3, 0.4) is 0 Å². The number of hydrogen-bond donors (Lipinski definition) is 1. The van der Waals surface area contributed by atoms with Gasteiger partial charge in [-0.2, -0.15) is 22.0 Å². The normalized spacial score (nSPS) is 13.2. The highest BCUT2D eigenvalue weighted by molar-refractivity contribution is 5.78. The van der Waals surface area contributed by atoms with Crippen molar-refractivity contribution in [3.8, 4) is 0 Å². The fraction of sp³-hybridized carbons (Fsp3) is 0.429. The molecule has 0 heterocycles. The standard InChI is InChI=1S/C14H14F5NO4/c15-13(16,14(17,18)19)7-6-10(11(21)22)20-12(23)24-8-9-4-2-1-3-5-9/h1-5,10H,6-8H2,(H,20,23)(H,21,22)/p-1/t10-/m0/s1. The molecule has 0 fully saturated rings. The number of amides is 1. The number of aliphatic carboxylic acids is 1. The van der Waals surface area contributed by atoms with E-state index in [4.69, 9.17) is 0 Å². The molecule has 1 N–H and O–H groups in total. The van der Waals surface area contributed by atoms with E-state index in [0.29, 0.717) is 5.56 Å². The largest absolute Gasteiger partial charge is 0.548 e. The van der Waals surface area contributed by atoms with Crippen molar-refractivity contribution in [3.05, 3.63) is 35.9 Å². The summed E-state index contributed by atoms with van der Waals surface area (Å²) in [7, 11) is 0.